The Morgan fingerprint density at radius 1 is 0.735 bits per heavy atom. The van der Waals surface area contributed by atoms with Crippen LogP contribution in [0.5, 0.6) is 0 Å². The Morgan fingerprint density at radius 2 is 1.21 bits per heavy atom. The Morgan fingerprint density at radius 3 is 1.74 bits per heavy atom. The van der Waals surface area contributed by atoms with Gasteiger partial charge in [0.1, 0.15) is 0 Å². The van der Waals surface area contributed by atoms with Crippen LogP contribution in [0.25, 0.3) is 10.9 Å². The lowest BCUT2D eigenvalue weighted by Gasteiger charge is -2.45. The maximum absolute atomic E-state index is 13.7. The largest absolute Gasteiger partial charge is 0.347 e. The summed E-state index contributed by atoms with van der Waals surface area (Å²) in [4.78, 5) is 27.4. The van der Waals surface area contributed by atoms with Crippen molar-refractivity contribution in [2.75, 3.05) is 0 Å². The highest BCUT2D eigenvalue weighted by molar-refractivity contribution is 6.09. The molecule has 2 heterocycles. The van der Waals surface area contributed by atoms with Crippen LogP contribution in [0, 0.1) is 18.8 Å². The van der Waals surface area contributed by atoms with Gasteiger partial charge in [0.15, 0.2) is 0 Å². The topological polar surface area (TPSA) is 54.7 Å². The molecule has 3 aromatic carbocycles. The molecule has 1 aliphatic heterocycles. The number of hydrogen-bond donors (Lipinski definition) is 0. The van der Waals surface area contributed by atoms with Crippen molar-refractivity contribution in [1.29, 1.82) is 0 Å². The van der Waals surface area contributed by atoms with E-state index in [-0.39, 0.29) is 23.7 Å². The molecule has 2 bridgehead atoms. The molecule has 0 radical (unpaired) electrons. The molecule has 1 saturated heterocycles. The third-order valence-corrected chi connectivity index (χ3v) is 8.18. The number of aryl methyl sites for hydroxylation is 1. The number of carbonyl (C=O) groups is 2. The molecule has 0 unspecified atom stereocenters. The fraction of sp³-hybridized carbons (Fsp3) is 0.207. The minimum absolute atomic E-state index is 0.113. The van der Waals surface area contributed by atoms with Crippen molar-refractivity contribution in [1.82, 2.24) is 9.58 Å². The Hall–Kier alpha value is -3.99. The molecule has 166 valence electrons. The average molecular weight is 446 g/mol. The van der Waals surface area contributed by atoms with Crippen molar-refractivity contribution >= 4 is 28.9 Å². The zero-order valence-corrected chi connectivity index (χ0v) is 19.0. The minimum atomic E-state index is -0.409. The van der Waals surface area contributed by atoms with Crippen LogP contribution in [0.3, 0.4) is 0 Å². The SMILES string of the molecule is Cc1c(/C=N\N2C(=O)[C@@H]3C4c5ccccc5C(c5ccccc54)[C@@H]3C2=O)c2ccccc2n1C. The predicted molar refractivity (Wildman–Crippen MR) is 131 cm³/mol. The highest BCUT2D eigenvalue weighted by atomic mass is 16.2. The van der Waals surface area contributed by atoms with Crippen LogP contribution in [0.2, 0.25) is 0 Å². The summed E-state index contributed by atoms with van der Waals surface area (Å²) in [6, 6.07) is 24.7. The second-order valence-electron chi connectivity index (χ2n) is 9.57. The quantitative estimate of drug-likeness (QED) is 0.331. The summed E-state index contributed by atoms with van der Waals surface area (Å²) in [6.07, 6.45) is 1.69. The van der Waals surface area contributed by atoms with E-state index in [1.54, 1.807) is 6.21 Å². The van der Waals surface area contributed by atoms with Crippen LogP contribution in [-0.4, -0.2) is 27.6 Å². The van der Waals surface area contributed by atoms with Gasteiger partial charge in [-0.1, -0.05) is 66.7 Å². The summed E-state index contributed by atoms with van der Waals surface area (Å²) in [5, 5.41) is 6.73. The molecule has 4 aromatic rings. The molecule has 1 fully saturated rings. The third kappa shape index (κ3) is 2.31. The van der Waals surface area contributed by atoms with Crippen molar-refractivity contribution in [3.05, 3.63) is 106 Å². The first-order valence-corrected chi connectivity index (χ1v) is 11.7. The van der Waals surface area contributed by atoms with E-state index in [1.165, 1.54) is 22.3 Å². The summed E-state index contributed by atoms with van der Waals surface area (Å²) in [7, 11) is 2.02. The molecular weight excluding hydrogens is 422 g/mol. The Balaban J connectivity index is 1.34. The van der Waals surface area contributed by atoms with Gasteiger partial charge in [-0.25, -0.2) is 0 Å². The molecule has 2 amide bonds. The summed E-state index contributed by atoms with van der Waals surface area (Å²) in [5.74, 6) is -1.43. The molecule has 8 rings (SSSR count). The van der Waals surface area contributed by atoms with E-state index in [9.17, 15) is 9.59 Å². The van der Waals surface area contributed by atoms with E-state index in [0.717, 1.165) is 27.2 Å². The number of hydrogen-bond acceptors (Lipinski definition) is 3. The molecule has 3 aliphatic carbocycles. The number of benzene rings is 3. The van der Waals surface area contributed by atoms with Gasteiger partial charge in [0.25, 0.3) is 11.8 Å². The Labute approximate surface area is 197 Å². The van der Waals surface area contributed by atoms with Crippen LogP contribution >= 0.6 is 0 Å². The second-order valence-corrected chi connectivity index (χ2v) is 9.57. The number of imide groups is 1. The Bertz CT molecular complexity index is 1450. The highest BCUT2D eigenvalue weighted by Crippen LogP contribution is 2.60. The summed E-state index contributed by atoms with van der Waals surface area (Å²) >= 11 is 0. The van der Waals surface area contributed by atoms with E-state index in [4.69, 9.17) is 0 Å². The van der Waals surface area contributed by atoms with Gasteiger partial charge in [0.2, 0.25) is 0 Å². The van der Waals surface area contributed by atoms with E-state index in [2.05, 4.69) is 40.0 Å². The van der Waals surface area contributed by atoms with Gasteiger partial charge in [0, 0.05) is 41.0 Å². The van der Waals surface area contributed by atoms with Gasteiger partial charge in [-0.15, -0.1) is 0 Å². The monoisotopic (exact) mass is 445 g/mol. The molecular formula is C29H23N3O2. The number of nitrogens with zero attached hydrogens (tertiary/aromatic N) is 3. The lowest BCUT2D eigenvalue weighted by molar-refractivity contribution is -0.139. The molecule has 4 aliphatic rings. The predicted octanol–water partition coefficient (Wildman–Crippen LogP) is 4.71. The van der Waals surface area contributed by atoms with Gasteiger partial charge < -0.3 is 4.57 Å². The van der Waals surface area contributed by atoms with Crippen molar-refractivity contribution in [3.8, 4) is 0 Å². The minimum Gasteiger partial charge on any atom is -0.347 e. The van der Waals surface area contributed by atoms with Crippen LogP contribution in [-0.2, 0) is 16.6 Å². The normalized spacial score (nSPS) is 24.7. The van der Waals surface area contributed by atoms with E-state index in [1.807, 2.05) is 56.4 Å². The standard InChI is InChI=1S/C29H23N3O2/c1-16-22(17-9-7-8-14-23(17)31(16)2)15-30-32-28(33)26-24-18-10-3-4-11-19(18)25(27(26)29(32)34)21-13-6-5-12-20(21)24/h3-15,24-27H,1-2H3/b30-15-/t24?,25?,26-,27+. The fourth-order valence-corrected chi connectivity index (χ4v) is 6.60. The van der Waals surface area contributed by atoms with Crippen LogP contribution in [0.15, 0.2) is 77.9 Å². The summed E-state index contributed by atoms with van der Waals surface area (Å²) in [6.45, 7) is 2.03. The summed E-state index contributed by atoms with van der Waals surface area (Å²) < 4.78 is 2.11. The number of carbonyl (C=O) groups excluding carboxylic acids is 2. The lowest BCUT2D eigenvalue weighted by atomic mass is 9.55. The van der Waals surface area contributed by atoms with Crippen molar-refractivity contribution in [2.45, 2.75) is 18.8 Å². The number of hydrazone groups is 1. The van der Waals surface area contributed by atoms with Crippen molar-refractivity contribution < 1.29 is 9.59 Å². The lowest BCUT2D eigenvalue weighted by Crippen LogP contribution is -2.41. The maximum Gasteiger partial charge on any atom is 0.254 e. The number of amides is 2. The number of para-hydroxylation sites is 1. The van der Waals surface area contributed by atoms with E-state index < -0.39 is 11.8 Å². The van der Waals surface area contributed by atoms with Crippen LogP contribution in [0.1, 0.15) is 45.3 Å². The van der Waals surface area contributed by atoms with Gasteiger partial charge >= 0.3 is 0 Å². The van der Waals surface area contributed by atoms with Crippen molar-refractivity contribution in [3.63, 3.8) is 0 Å². The first-order valence-electron chi connectivity index (χ1n) is 11.7. The zero-order chi connectivity index (χ0) is 23.1. The van der Waals surface area contributed by atoms with Crippen molar-refractivity contribution in [2.24, 2.45) is 24.0 Å². The maximum atomic E-state index is 13.7. The number of fused-ring (bicyclic) bond motifs is 1. The summed E-state index contributed by atoms with van der Waals surface area (Å²) in [5.41, 5.74) is 7.75. The van der Waals surface area contributed by atoms with E-state index >= 15 is 0 Å². The third-order valence-electron chi connectivity index (χ3n) is 8.18. The molecule has 1 aromatic heterocycles. The van der Waals surface area contributed by atoms with Gasteiger partial charge in [-0.3, -0.25) is 9.59 Å². The molecule has 2 atom stereocenters. The molecule has 0 spiro atoms. The fourth-order valence-electron chi connectivity index (χ4n) is 6.60. The average Bonchev–Trinajstić information content (AvgIpc) is 3.27. The first-order chi connectivity index (χ1) is 16.6. The van der Waals surface area contributed by atoms with Crippen LogP contribution in [0.4, 0.5) is 0 Å². The highest BCUT2D eigenvalue weighted by Gasteiger charge is 2.61. The molecule has 5 nitrogen and oxygen atoms in total. The van der Waals surface area contributed by atoms with Gasteiger partial charge in [0.05, 0.1) is 18.1 Å². The zero-order valence-electron chi connectivity index (χ0n) is 19.0. The van der Waals surface area contributed by atoms with Gasteiger partial charge in [-0.2, -0.15) is 10.1 Å². The molecule has 0 saturated carbocycles. The second kappa shape index (κ2) is 6.76. The smallest absolute Gasteiger partial charge is 0.254 e. The van der Waals surface area contributed by atoms with Crippen LogP contribution < -0.4 is 0 Å². The Kier molecular flexibility index (Phi) is 3.87. The number of rotatable bonds is 2. The first kappa shape index (κ1) is 19.5. The molecule has 34 heavy (non-hydrogen) atoms. The molecule has 5 heteroatoms. The number of aromatic nitrogens is 1. The molecule has 0 N–H and O–H groups in total. The van der Waals surface area contributed by atoms with E-state index in [0.29, 0.717) is 0 Å². The van der Waals surface area contributed by atoms with Gasteiger partial charge in [-0.05, 0) is 35.2 Å².